The van der Waals surface area contributed by atoms with Gasteiger partial charge in [-0.3, -0.25) is 0 Å². The summed E-state index contributed by atoms with van der Waals surface area (Å²) in [6, 6.07) is 0. The summed E-state index contributed by atoms with van der Waals surface area (Å²) in [5.74, 6) is -0.644. The molecule has 3 N–H and O–H groups in total. The van der Waals surface area contributed by atoms with E-state index in [2.05, 4.69) is 0 Å². The van der Waals surface area contributed by atoms with Crippen LogP contribution in [0.25, 0.3) is 0 Å². The molecule has 0 aromatic rings. The highest BCUT2D eigenvalue weighted by Gasteiger charge is 2.35. The number of hydrogen-bond acceptors (Lipinski definition) is 2. The molecule has 0 saturated heterocycles. The SMILES string of the molecule is CC1C=CC(N)(C(=O)O)C1. The van der Waals surface area contributed by atoms with Crippen LogP contribution >= 0.6 is 0 Å². The smallest absolute Gasteiger partial charge is 0.327 e. The largest absolute Gasteiger partial charge is 0.480 e. The van der Waals surface area contributed by atoms with E-state index in [1.165, 1.54) is 0 Å². The van der Waals surface area contributed by atoms with Gasteiger partial charge in [0.15, 0.2) is 0 Å². The van der Waals surface area contributed by atoms with Crippen molar-refractivity contribution in [3.63, 3.8) is 0 Å². The minimum absolute atomic E-state index is 0.293. The lowest BCUT2D eigenvalue weighted by Crippen LogP contribution is -2.44. The fraction of sp³-hybridized carbons (Fsp3) is 0.571. The zero-order valence-electron chi connectivity index (χ0n) is 5.87. The van der Waals surface area contributed by atoms with Crippen LogP contribution in [0, 0.1) is 5.92 Å². The third-order valence-electron chi connectivity index (χ3n) is 1.78. The van der Waals surface area contributed by atoms with Crippen molar-refractivity contribution in [1.29, 1.82) is 0 Å². The summed E-state index contributed by atoms with van der Waals surface area (Å²) in [5.41, 5.74) is 4.41. The molecule has 1 rings (SSSR count). The first kappa shape index (κ1) is 7.28. The molecule has 1 aliphatic carbocycles. The summed E-state index contributed by atoms with van der Waals surface area (Å²) in [4.78, 5) is 10.5. The second-order valence-corrected chi connectivity index (χ2v) is 2.89. The molecule has 0 amide bonds. The van der Waals surface area contributed by atoms with Crippen molar-refractivity contribution in [1.82, 2.24) is 0 Å². The van der Waals surface area contributed by atoms with Gasteiger partial charge >= 0.3 is 5.97 Å². The maximum Gasteiger partial charge on any atom is 0.327 e. The monoisotopic (exact) mass is 141 g/mol. The van der Waals surface area contributed by atoms with E-state index < -0.39 is 11.5 Å². The van der Waals surface area contributed by atoms with Crippen molar-refractivity contribution >= 4 is 5.97 Å². The highest BCUT2D eigenvalue weighted by molar-refractivity contribution is 5.81. The summed E-state index contributed by atoms with van der Waals surface area (Å²) < 4.78 is 0. The molecule has 2 unspecified atom stereocenters. The van der Waals surface area contributed by atoms with E-state index in [0.29, 0.717) is 12.3 Å². The van der Waals surface area contributed by atoms with Crippen LogP contribution in [0.5, 0.6) is 0 Å². The molecule has 0 radical (unpaired) electrons. The number of carbonyl (C=O) groups is 1. The third-order valence-corrected chi connectivity index (χ3v) is 1.78. The van der Waals surface area contributed by atoms with Crippen molar-refractivity contribution in [2.75, 3.05) is 0 Å². The first-order valence-corrected chi connectivity index (χ1v) is 3.26. The fourth-order valence-corrected chi connectivity index (χ4v) is 1.16. The number of carboxylic acid groups (broad SMARTS) is 1. The Hall–Kier alpha value is -0.830. The highest BCUT2D eigenvalue weighted by Crippen LogP contribution is 2.24. The Labute approximate surface area is 59.5 Å². The lowest BCUT2D eigenvalue weighted by molar-refractivity contribution is -0.141. The lowest BCUT2D eigenvalue weighted by atomic mass is 9.98. The Kier molecular flexibility index (Phi) is 1.52. The van der Waals surface area contributed by atoms with Crippen LogP contribution in [0.4, 0.5) is 0 Å². The van der Waals surface area contributed by atoms with Gasteiger partial charge in [0.1, 0.15) is 5.54 Å². The summed E-state index contributed by atoms with van der Waals surface area (Å²) in [6.07, 6.45) is 3.93. The molecule has 0 saturated carbocycles. The topological polar surface area (TPSA) is 63.3 Å². The summed E-state index contributed by atoms with van der Waals surface area (Å²) >= 11 is 0. The normalized spacial score (nSPS) is 38.4. The molecule has 0 fully saturated rings. The van der Waals surface area contributed by atoms with Gasteiger partial charge < -0.3 is 10.8 Å². The van der Waals surface area contributed by atoms with Crippen molar-refractivity contribution < 1.29 is 9.90 Å². The average Bonchev–Trinajstić information content (AvgIpc) is 2.13. The van der Waals surface area contributed by atoms with Crippen molar-refractivity contribution in [3.05, 3.63) is 12.2 Å². The van der Waals surface area contributed by atoms with Crippen molar-refractivity contribution in [2.24, 2.45) is 11.7 Å². The van der Waals surface area contributed by atoms with Gasteiger partial charge in [0.25, 0.3) is 0 Å². The van der Waals surface area contributed by atoms with Crippen LogP contribution in [0.2, 0.25) is 0 Å². The molecule has 0 bridgehead atoms. The van der Waals surface area contributed by atoms with Crippen LogP contribution in [0.1, 0.15) is 13.3 Å². The van der Waals surface area contributed by atoms with Gasteiger partial charge in [-0.25, -0.2) is 4.79 Å². The molecule has 56 valence electrons. The third kappa shape index (κ3) is 1.04. The molecule has 3 nitrogen and oxygen atoms in total. The van der Waals surface area contributed by atoms with Crippen molar-refractivity contribution in [3.8, 4) is 0 Å². The Bertz CT molecular complexity index is 188. The minimum atomic E-state index is -1.10. The summed E-state index contributed by atoms with van der Waals surface area (Å²) in [6.45, 7) is 1.95. The molecular formula is C7H11NO2. The van der Waals surface area contributed by atoms with E-state index >= 15 is 0 Å². The van der Waals surface area contributed by atoms with Gasteiger partial charge in [0.2, 0.25) is 0 Å². The quantitative estimate of drug-likeness (QED) is 0.518. The minimum Gasteiger partial charge on any atom is -0.480 e. The van der Waals surface area contributed by atoms with Crippen molar-refractivity contribution in [2.45, 2.75) is 18.9 Å². The zero-order chi connectivity index (χ0) is 7.78. The van der Waals surface area contributed by atoms with Gasteiger partial charge in [-0.2, -0.15) is 0 Å². The van der Waals surface area contributed by atoms with E-state index in [1.54, 1.807) is 6.08 Å². The zero-order valence-corrected chi connectivity index (χ0v) is 5.87. The Morgan fingerprint density at radius 2 is 2.50 bits per heavy atom. The molecule has 3 heteroatoms. The summed E-state index contributed by atoms with van der Waals surface area (Å²) in [7, 11) is 0. The van der Waals surface area contributed by atoms with Crippen LogP contribution < -0.4 is 5.73 Å². The van der Waals surface area contributed by atoms with Crippen LogP contribution in [0.15, 0.2) is 12.2 Å². The van der Waals surface area contributed by atoms with E-state index in [4.69, 9.17) is 10.8 Å². The first-order valence-electron chi connectivity index (χ1n) is 3.26. The number of carboxylic acids is 1. The van der Waals surface area contributed by atoms with E-state index in [9.17, 15) is 4.79 Å². The highest BCUT2D eigenvalue weighted by atomic mass is 16.4. The molecule has 10 heavy (non-hydrogen) atoms. The maximum absolute atomic E-state index is 10.5. The molecule has 0 aromatic carbocycles. The predicted molar refractivity (Wildman–Crippen MR) is 37.5 cm³/mol. The van der Waals surface area contributed by atoms with Gasteiger partial charge in [-0.1, -0.05) is 19.1 Å². The van der Waals surface area contributed by atoms with Gasteiger partial charge in [-0.15, -0.1) is 0 Å². The second kappa shape index (κ2) is 2.09. The molecular weight excluding hydrogens is 130 g/mol. The number of allylic oxidation sites excluding steroid dienone is 1. The number of nitrogens with two attached hydrogens (primary N) is 1. The fourth-order valence-electron chi connectivity index (χ4n) is 1.16. The van der Waals surface area contributed by atoms with E-state index in [-0.39, 0.29) is 0 Å². The Morgan fingerprint density at radius 3 is 2.70 bits per heavy atom. The lowest BCUT2D eigenvalue weighted by Gasteiger charge is -2.15. The first-order chi connectivity index (χ1) is 4.54. The maximum atomic E-state index is 10.5. The van der Waals surface area contributed by atoms with E-state index in [0.717, 1.165) is 0 Å². The standard InChI is InChI=1S/C7H11NO2/c1-5-2-3-7(8,4-5)6(9)10/h2-3,5H,4,8H2,1H3,(H,9,10). The van der Waals surface area contributed by atoms with Crippen LogP contribution in [0.3, 0.4) is 0 Å². The molecule has 0 aliphatic heterocycles. The van der Waals surface area contributed by atoms with Gasteiger partial charge in [0.05, 0.1) is 0 Å². The molecule has 1 aliphatic rings. The molecule has 0 aromatic heterocycles. The molecule has 0 heterocycles. The van der Waals surface area contributed by atoms with Gasteiger partial charge in [0, 0.05) is 0 Å². The molecule has 2 atom stereocenters. The number of rotatable bonds is 1. The summed E-state index contributed by atoms with van der Waals surface area (Å²) in [5, 5.41) is 8.61. The Morgan fingerprint density at radius 1 is 1.90 bits per heavy atom. The predicted octanol–water partition coefficient (Wildman–Crippen LogP) is 0.365. The van der Waals surface area contributed by atoms with Crippen LogP contribution in [-0.4, -0.2) is 16.6 Å². The second-order valence-electron chi connectivity index (χ2n) is 2.89. The van der Waals surface area contributed by atoms with Crippen LogP contribution in [-0.2, 0) is 4.79 Å². The number of hydrogen-bond donors (Lipinski definition) is 2. The molecule has 0 spiro atoms. The average molecular weight is 141 g/mol. The Balaban J connectivity index is 2.75. The van der Waals surface area contributed by atoms with E-state index in [1.807, 2.05) is 13.0 Å². The van der Waals surface area contributed by atoms with Gasteiger partial charge in [-0.05, 0) is 12.3 Å². The number of aliphatic carboxylic acids is 1.